The Morgan fingerprint density at radius 2 is 1.77 bits per heavy atom. The van der Waals surface area contributed by atoms with Crippen LogP contribution in [0.4, 0.5) is 0 Å². The highest BCUT2D eigenvalue weighted by Gasteiger charge is 2.25. The second-order valence-corrected chi connectivity index (χ2v) is 9.71. The van der Waals surface area contributed by atoms with E-state index >= 15 is 0 Å². The first-order chi connectivity index (χ1) is 14.3. The Balaban J connectivity index is 1.37. The molecule has 1 fully saturated rings. The monoisotopic (exact) mass is 430 g/mol. The Morgan fingerprint density at radius 3 is 2.43 bits per heavy atom. The summed E-state index contributed by atoms with van der Waals surface area (Å²) < 4.78 is 24.3. The van der Waals surface area contributed by atoms with Gasteiger partial charge in [0.25, 0.3) is 11.5 Å². The van der Waals surface area contributed by atoms with Gasteiger partial charge in [0.15, 0.2) is 0 Å². The van der Waals surface area contributed by atoms with Crippen molar-refractivity contribution in [3.05, 3.63) is 57.5 Å². The number of aryl methyl sites for hydroxylation is 2. The van der Waals surface area contributed by atoms with Crippen molar-refractivity contribution in [2.24, 2.45) is 11.1 Å². The summed E-state index contributed by atoms with van der Waals surface area (Å²) in [6.45, 7) is 1.78. The van der Waals surface area contributed by atoms with Crippen LogP contribution in [0.2, 0.25) is 0 Å². The van der Waals surface area contributed by atoms with Gasteiger partial charge in [-0.3, -0.25) is 9.59 Å². The number of primary sulfonamides is 1. The van der Waals surface area contributed by atoms with Gasteiger partial charge >= 0.3 is 0 Å². The molecule has 0 saturated carbocycles. The molecule has 30 heavy (non-hydrogen) atoms. The minimum atomic E-state index is -3.78. The van der Waals surface area contributed by atoms with E-state index in [1.165, 1.54) is 24.3 Å². The van der Waals surface area contributed by atoms with Crippen LogP contribution in [0.25, 0.3) is 0 Å². The lowest BCUT2D eigenvalue weighted by atomic mass is 9.95. The summed E-state index contributed by atoms with van der Waals surface area (Å²) in [5.74, 6) is 0.171. The maximum Gasteiger partial charge on any atom is 0.267 e. The van der Waals surface area contributed by atoms with Crippen LogP contribution >= 0.6 is 0 Å². The van der Waals surface area contributed by atoms with Crippen LogP contribution < -0.4 is 10.7 Å². The number of rotatable bonds is 4. The van der Waals surface area contributed by atoms with E-state index in [4.69, 9.17) is 5.14 Å². The Morgan fingerprint density at radius 1 is 1.10 bits per heavy atom. The average Bonchev–Trinajstić information content (AvgIpc) is 2.74. The van der Waals surface area contributed by atoms with E-state index in [2.05, 4.69) is 5.10 Å². The highest BCUT2D eigenvalue weighted by atomic mass is 32.2. The number of nitrogens with zero attached hydrogens (tertiary/aromatic N) is 3. The van der Waals surface area contributed by atoms with Crippen molar-refractivity contribution >= 4 is 15.9 Å². The summed E-state index contributed by atoms with van der Waals surface area (Å²) in [4.78, 5) is 26.9. The third-order valence-electron chi connectivity index (χ3n) is 6.04. The van der Waals surface area contributed by atoms with E-state index in [0.717, 1.165) is 49.8 Å². The maximum absolute atomic E-state index is 12.7. The van der Waals surface area contributed by atoms with Crippen LogP contribution in [0.5, 0.6) is 0 Å². The molecule has 8 nitrogen and oxygen atoms in total. The molecule has 2 heterocycles. The third-order valence-corrected chi connectivity index (χ3v) is 6.97. The van der Waals surface area contributed by atoms with Crippen LogP contribution in [0.3, 0.4) is 0 Å². The number of carbonyl (C=O) groups excluding carboxylic acids is 1. The highest BCUT2D eigenvalue weighted by molar-refractivity contribution is 7.89. The lowest BCUT2D eigenvalue weighted by Crippen LogP contribution is -2.40. The fourth-order valence-corrected chi connectivity index (χ4v) is 4.78. The third kappa shape index (κ3) is 4.46. The van der Waals surface area contributed by atoms with Crippen LogP contribution in [-0.2, 0) is 29.4 Å². The first-order valence-electron chi connectivity index (χ1n) is 10.3. The molecular formula is C21H26N4O4S. The van der Waals surface area contributed by atoms with Gasteiger partial charge in [-0.15, -0.1) is 0 Å². The normalized spacial score (nSPS) is 17.6. The Labute approximate surface area is 175 Å². The van der Waals surface area contributed by atoms with Crippen molar-refractivity contribution < 1.29 is 13.2 Å². The molecule has 2 aromatic rings. The smallest absolute Gasteiger partial charge is 0.267 e. The molecular weight excluding hydrogens is 404 g/mol. The predicted octanol–water partition coefficient (Wildman–Crippen LogP) is 1.32. The minimum Gasteiger partial charge on any atom is -0.339 e. The predicted molar refractivity (Wildman–Crippen MR) is 112 cm³/mol. The number of piperidine rings is 1. The molecule has 0 spiro atoms. The molecule has 0 unspecified atom stereocenters. The van der Waals surface area contributed by atoms with E-state index in [-0.39, 0.29) is 16.4 Å². The number of hydrogen-bond donors (Lipinski definition) is 1. The first kappa shape index (κ1) is 20.7. The quantitative estimate of drug-likeness (QED) is 0.785. The topological polar surface area (TPSA) is 115 Å². The number of benzene rings is 1. The number of nitrogens with two attached hydrogens (primary N) is 1. The molecule has 0 radical (unpaired) electrons. The van der Waals surface area contributed by atoms with Crippen molar-refractivity contribution in [3.8, 4) is 0 Å². The number of carbonyl (C=O) groups is 1. The molecule has 160 valence electrons. The molecule has 2 aliphatic rings. The zero-order valence-corrected chi connectivity index (χ0v) is 17.6. The maximum atomic E-state index is 12.7. The standard InChI is InChI=1S/C21H26N4O4S/c22-30(28,29)18-7-5-16(6-8-18)21(27)24-11-9-15(10-12-24)14-25-20(26)13-17-3-1-2-4-19(17)23-25/h5-8,13,15H,1-4,9-12,14H2,(H2,22,28,29). The van der Waals surface area contributed by atoms with E-state index in [0.29, 0.717) is 31.1 Å². The molecule has 1 amide bonds. The molecule has 1 aromatic carbocycles. The number of amides is 1. The second kappa shape index (κ2) is 8.31. The molecule has 0 atom stereocenters. The second-order valence-electron chi connectivity index (χ2n) is 8.15. The number of fused-ring (bicyclic) bond motifs is 1. The molecule has 1 aromatic heterocycles. The number of hydrogen-bond acceptors (Lipinski definition) is 5. The fraction of sp³-hybridized carbons (Fsp3) is 0.476. The van der Waals surface area contributed by atoms with Crippen LogP contribution in [-0.4, -0.2) is 42.1 Å². The summed E-state index contributed by atoms with van der Waals surface area (Å²) >= 11 is 0. The van der Waals surface area contributed by atoms with Crippen molar-refractivity contribution in [1.29, 1.82) is 0 Å². The van der Waals surface area contributed by atoms with Crippen LogP contribution in [0.15, 0.2) is 40.0 Å². The first-order valence-corrected chi connectivity index (χ1v) is 11.9. The van der Waals surface area contributed by atoms with Crippen molar-refractivity contribution in [2.75, 3.05) is 13.1 Å². The fourth-order valence-electron chi connectivity index (χ4n) is 4.26. The van der Waals surface area contributed by atoms with Gasteiger partial charge in [-0.1, -0.05) is 0 Å². The van der Waals surface area contributed by atoms with Gasteiger partial charge in [0.1, 0.15) is 0 Å². The van der Waals surface area contributed by atoms with Crippen molar-refractivity contribution in [3.63, 3.8) is 0 Å². The van der Waals surface area contributed by atoms with Gasteiger partial charge in [0.2, 0.25) is 10.0 Å². The van der Waals surface area contributed by atoms with Gasteiger partial charge in [-0.2, -0.15) is 5.10 Å². The highest BCUT2D eigenvalue weighted by Crippen LogP contribution is 2.22. The van der Waals surface area contributed by atoms with Gasteiger partial charge < -0.3 is 4.90 Å². The summed E-state index contributed by atoms with van der Waals surface area (Å²) in [7, 11) is -3.78. The van der Waals surface area contributed by atoms with Gasteiger partial charge in [-0.25, -0.2) is 18.2 Å². The Bertz CT molecular complexity index is 1100. The molecule has 1 aliphatic heterocycles. The van der Waals surface area contributed by atoms with Gasteiger partial charge in [0, 0.05) is 31.3 Å². The molecule has 9 heteroatoms. The number of aromatic nitrogens is 2. The number of likely N-dealkylation sites (tertiary alicyclic amines) is 1. The Kier molecular flexibility index (Phi) is 5.75. The van der Waals surface area contributed by atoms with E-state index in [9.17, 15) is 18.0 Å². The largest absolute Gasteiger partial charge is 0.339 e. The summed E-state index contributed by atoms with van der Waals surface area (Å²) in [5, 5.41) is 9.70. The Hall–Kier alpha value is -2.52. The zero-order valence-electron chi connectivity index (χ0n) is 16.8. The lowest BCUT2D eigenvalue weighted by molar-refractivity contribution is 0.0680. The molecule has 4 rings (SSSR count). The summed E-state index contributed by atoms with van der Waals surface area (Å²) in [5.41, 5.74) is 2.55. The van der Waals surface area contributed by atoms with E-state index in [1.807, 2.05) is 0 Å². The molecule has 1 aliphatic carbocycles. The van der Waals surface area contributed by atoms with E-state index < -0.39 is 10.0 Å². The summed E-state index contributed by atoms with van der Waals surface area (Å²) in [6, 6.07) is 7.42. The zero-order chi connectivity index (χ0) is 21.3. The molecule has 0 bridgehead atoms. The van der Waals surface area contributed by atoms with Crippen molar-refractivity contribution in [2.45, 2.75) is 50.0 Å². The van der Waals surface area contributed by atoms with Crippen LogP contribution in [0.1, 0.15) is 47.3 Å². The van der Waals surface area contributed by atoms with Gasteiger partial charge in [0.05, 0.1) is 10.6 Å². The lowest BCUT2D eigenvalue weighted by Gasteiger charge is -2.32. The SMILES string of the molecule is NS(=O)(=O)c1ccc(C(=O)N2CCC(Cn3nc4c(cc3=O)CCCC4)CC2)cc1. The number of sulfonamides is 1. The van der Waals surface area contributed by atoms with Gasteiger partial charge in [-0.05, 0) is 74.3 Å². The molecule has 2 N–H and O–H groups in total. The van der Waals surface area contributed by atoms with Crippen molar-refractivity contribution in [1.82, 2.24) is 14.7 Å². The minimum absolute atomic E-state index is 0.0132. The van der Waals surface area contributed by atoms with Crippen LogP contribution in [0, 0.1) is 5.92 Å². The molecule has 1 saturated heterocycles. The summed E-state index contributed by atoms with van der Waals surface area (Å²) in [6.07, 6.45) is 5.72. The van der Waals surface area contributed by atoms with E-state index in [1.54, 1.807) is 15.6 Å². The average molecular weight is 431 g/mol.